The average molecular weight is 410 g/mol. The Kier molecular flexibility index (Phi) is 7.37. The minimum Gasteiger partial charge on any atom is -0.457 e. The van der Waals surface area contributed by atoms with Crippen molar-refractivity contribution in [1.29, 1.82) is 0 Å². The molecule has 7 nitrogen and oxygen atoms in total. The first kappa shape index (κ1) is 21.3. The molecule has 1 heterocycles. The van der Waals surface area contributed by atoms with Crippen LogP contribution in [0.25, 0.3) is 0 Å². The van der Waals surface area contributed by atoms with Gasteiger partial charge in [0.1, 0.15) is 29.5 Å². The van der Waals surface area contributed by atoms with E-state index in [9.17, 15) is 4.39 Å². The zero-order valence-corrected chi connectivity index (χ0v) is 17.5. The second-order valence-corrected chi connectivity index (χ2v) is 6.80. The Morgan fingerprint density at radius 1 is 1.17 bits per heavy atom. The molecule has 3 rings (SSSR count). The molecule has 0 radical (unpaired) electrons. The van der Waals surface area contributed by atoms with E-state index in [1.807, 2.05) is 23.6 Å². The third-order valence-electron chi connectivity index (χ3n) is 4.62. The lowest BCUT2D eigenvalue weighted by Gasteiger charge is -2.14. The van der Waals surface area contributed by atoms with Gasteiger partial charge in [0.15, 0.2) is 5.96 Å². The average Bonchev–Trinajstić information content (AvgIpc) is 3.21. The van der Waals surface area contributed by atoms with Gasteiger partial charge < -0.3 is 19.9 Å². The van der Waals surface area contributed by atoms with Crippen LogP contribution in [0.5, 0.6) is 11.5 Å². The number of guanidine groups is 1. The molecule has 158 valence electrons. The molecule has 0 saturated heterocycles. The minimum atomic E-state index is -0.282. The van der Waals surface area contributed by atoms with E-state index < -0.39 is 0 Å². The van der Waals surface area contributed by atoms with E-state index in [4.69, 9.17) is 4.74 Å². The topological polar surface area (TPSA) is 76.4 Å². The van der Waals surface area contributed by atoms with Gasteiger partial charge in [-0.05, 0) is 48.4 Å². The fourth-order valence-corrected chi connectivity index (χ4v) is 3.01. The fourth-order valence-electron chi connectivity index (χ4n) is 3.01. The van der Waals surface area contributed by atoms with Crippen molar-refractivity contribution in [1.82, 2.24) is 25.4 Å². The number of aryl methyl sites for hydroxylation is 2. The standard InChI is InChI=1S/C22H27FN6O/c1-4-21-28-27-15-29(21)12-11-25-22(24-3)26-14-17-5-10-20(16(2)13-17)30-19-8-6-18(23)7-9-19/h5-10,13,15H,4,11-12,14H2,1-3H3,(H2,24,25,26). The molecule has 0 aliphatic heterocycles. The third-order valence-corrected chi connectivity index (χ3v) is 4.62. The third kappa shape index (κ3) is 5.79. The Morgan fingerprint density at radius 3 is 2.67 bits per heavy atom. The Morgan fingerprint density at radius 2 is 1.97 bits per heavy atom. The lowest BCUT2D eigenvalue weighted by atomic mass is 10.1. The van der Waals surface area contributed by atoms with Gasteiger partial charge in [-0.1, -0.05) is 19.1 Å². The molecule has 0 aliphatic carbocycles. The van der Waals surface area contributed by atoms with Crippen LogP contribution in [0.15, 0.2) is 53.8 Å². The summed E-state index contributed by atoms with van der Waals surface area (Å²) in [5, 5.41) is 14.6. The minimum absolute atomic E-state index is 0.282. The molecule has 0 aliphatic rings. The van der Waals surface area contributed by atoms with Crippen molar-refractivity contribution in [2.24, 2.45) is 4.99 Å². The predicted octanol–water partition coefficient (Wildman–Crippen LogP) is 3.45. The molecule has 0 spiro atoms. The van der Waals surface area contributed by atoms with Crippen LogP contribution in [-0.4, -0.2) is 34.3 Å². The molecule has 30 heavy (non-hydrogen) atoms. The van der Waals surface area contributed by atoms with E-state index in [-0.39, 0.29) is 5.82 Å². The highest BCUT2D eigenvalue weighted by atomic mass is 19.1. The van der Waals surface area contributed by atoms with E-state index in [1.165, 1.54) is 12.1 Å². The van der Waals surface area contributed by atoms with E-state index >= 15 is 0 Å². The molecule has 3 aromatic rings. The highest BCUT2D eigenvalue weighted by Gasteiger charge is 2.05. The van der Waals surface area contributed by atoms with E-state index in [0.717, 1.165) is 41.6 Å². The molecule has 0 amide bonds. The number of halogens is 1. The summed E-state index contributed by atoms with van der Waals surface area (Å²) in [6.45, 7) is 6.16. The van der Waals surface area contributed by atoms with Gasteiger partial charge in [0.05, 0.1) is 0 Å². The monoisotopic (exact) mass is 410 g/mol. The molecule has 8 heteroatoms. The zero-order chi connectivity index (χ0) is 21.3. The van der Waals surface area contributed by atoms with Crippen LogP contribution >= 0.6 is 0 Å². The second-order valence-electron chi connectivity index (χ2n) is 6.80. The SMILES string of the molecule is CCc1nncn1CCNC(=NC)NCc1ccc(Oc2ccc(F)cc2)c(C)c1. The maximum Gasteiger partial charge on any atom is 0.191 e. The number of ether oxygens (including phenoxy) is 1. The van der Waals surface area contributed by atoms with Crippen molar-refractivity contribution >= 4 is 5.96 Å². The maximum atomic E-state index is 13.0. The Balaban J connectivity index is 1.50. The first-order valence-electron chi connectivity index (χ1n) is 9.93. The molecule has 0 saturated carbocycles. The van der Waals surface area contributed by atoms with Crippen LogP contribution in [0.4, 0.5) is 4.39 Å². The van der Waals surface area contributed by atoms with Crippen molar-refractivity contribution in [3.05, 3.63) is 71.6 Å². The summed E-state index contributed by atoms with van der Waals surface area (Å²) in [7, 11) is 1.75. The van der Waals surface area contributed by atoms with Crippen molar-refractivity contribution in [3.63, 3.8) is 0 Å². The number of nitrogens with one attached hydrogen (secondary N) is 2. The normalized spacial score (nSPS) is 11.4. The quantitative estimate of drug-likeness (QED) is 0.439. The lowest BCUT2D eigenvalue weighted by Crippen LogP contribution is -2.38. The fraction of sp³-hybridized carbons (Fsp3) is 0.318. The summed E-state index contributed by atoms with van der Waals surface area (Å²) >= 11 is 0. The molecule has 0 bridgehead atoms. The Labute approximate surface area is 176 Å². The van der Waals surface area contributed by atoms with Crippen molar-refractivity contribution in [2.45, 2.75) is 33.4 Å². The van der Waals surface area contributed by atoms with Gasteiger partial charge in [0.2, 0.25) is 0 Å². The lowest BCUT2D eigenvalue weighted by molar-refractivity contribution is 0.476. The number of benzene rings is 2. The van der Waals surface area contributed by atoms with Crippen LogP contribution in [0, 0.1) is 12.7 Å². The predicted molar refractivity (Wildman–Crippen MR) is 115 cm³/mol. The van der Waals surface area contributed by atoms with Gasteiger partial charge >= 0.3 is 0 Å². The number of rotatable bonds is 8. The number of hydrogen-bond acceptors (Lipinski definition) is 4. The van der Waals surface area contributed by atoms with Gasteiger partial charge in [0, 0.05) is 33.1 Å². The molecular weight excluding hydrogens is 383 g/mol. The van der Waals surface area contributed by atoms with Gasteiger partial charge in [0.25, 0.3) is 0 Å². The number of aromatic nitrogens is 3. The largest absolute Gasteiger partial charge is 0.457 e. The van der Waals surface area contributed by atoms with Gasteiger partial charge in [-0.3, -0.25) is 4.99 Å². The van der Waals surface area contributed by atoms with Crippen LogP contribution in [-0.2, 0) is 19.5 Å². The van der Waals surface area contributed by atoms with Crippen LogP contribution in [0.2, 0.25) is 0 Å². The van der Waals surface area contributed by atoms with Gasteiger partial charge in [-0.25, -0.2) is 4.39 Å². The second kappa shape index (κ2) is 10.4. The van der Waals surface area contributed by atoms with E-state index in [0.29, 0.717) is 18.8 Å². The van der Waals surface area contributed by atoms with Crippen molar-refractivity contribution in [2.75, 3.05) is 13.6 Å². The molecule has 0 unspecified atom stereocenters. The Bertz CT molecular complexity index is 984. The molecule has 2 N–H and O–H groups in total. The van der Waals surface area contributed by atoms with E-state index in [1.54, 1.807) is 25.5 Å². The summed E-state index contributed by atoms with van der Waals surface area (Å²) < 4.78 is 20.9. The summed E-state index contributed by atoms with van der Waals surface area (Å²) in [5.74, 6) is 2.77. The summed E-state index contributed by atoms with van der Waals surface area (Å²) in [6.07, 6.45) is 2.60. The van der Waals surface area contributed by atoms with Crippen molar-refractivity contribution in [3.8, 4) is 11.5 Å². The van der Waals surface area contributed by atoms with Gasteiger partial charge in [-0.15, -0.1) is 10.2 Å². The summed E-state index contributed by atoms with van der Waals surface area (Å²) in [4.78, 5) is 4.27. The van der Waals surface area contributed by atoms with Crippen LogP contribution in [0.1, 0.15) is 23.9 Å². The number of aliphatic imine (C=N–C) groups is 1. The number of hydrogen-bond donors (Lipinski definition) is 2. The van der Waals surface area contributed by atoms with Crippen LogP contribution in [0.3, 0.4) is 0 Å². The molecule has 2 aromatic carbocycles. The molecule has 0 atom stereocenters. The van der Waals surface area contributed by atoms with Crippen molar-refractivity contribution < 1.29 is 9.13 Å². The maximum absolute atomic E-state index is 13.0. The number of nitrogens with zero attached hydrogens (tertiary/aromatic N) is 4. The molecule has 0 fully saturated rings. The van der Waals surface area contributed by atoms with E-state index in [2.05, 4.69) is 38.8 Å². The smallest absolute Gasteiger partial charge is 0.191 e. The molecular formula is C22H27FN6O. The summed E-state index contributed by atoms with van der Waals surface area (Å²) in [6, 6.07) is 12.0. The van der Waals surface area contributed by atoms with Crippen LogP contribution < -0.4 is 15.4 Å². The highest BCUT2D eigenvalue weighted by molar-refractivity contribution is 5.79. The summed E-state index contributed by atoms with van der Waals surface area (Å²) in [5.41, 5.74) is 2.11. The highest BCUT2D eigenvalue weighted by Crippen LogP contribution is 2.25. The Hall–Kier alpha value is -3.42. The first-order valence-corrected chi connectivity index (χ1v) is 9.93. The zero-order valence-electron chi connectivity index (χ0n) is 17.5. The van der Waals surface area contributed by atoms with Gasteiger partial charge in [-0.2, -0.15) is 0 Å². The first-order chi connectivity index (χ1) is 14.6. The molecule has 1 aromatic heterocycles.